The third-order valence-electron chi connectivity index (χ3n) is 6.09. The van der Waals surface area contributed by atoms with Gasteiger partial charge >= 0.3 is 0 Å². The molecule has 1 aliphatic rings. The van der Waals surface area contributed by atoms with E-state index in [0.29, 0.717) is 6.54 Å². The first-order chi connectivity index (χ1) is 15.3. The third-order valence-corrected chi connectivity index (χ3v) is 8.16. The van der Waals surface area contributed by atoms with Crippen molar-refractivity contribution in [3.8, 4) is 5.75 Å². The van der Waals surface area contributed by atoms with E-state index in [2.05, 4.69) is 42.0 Å². The molecule has 1 atom stereocenters. The van der Waals surface area contributed by atoms with Gasteiger partial charge in [0.05, 0.1) is 21.7 Å². The quantitative estimate of drug-likeness (QED) is 0.590. The highest BCUT2D eigenvalue weighted by Crippen LogP contribution is 2.21. The second-order valence-electron chi connectivity index (χ2n) is 9.70. The van der Waals surface area contributed by atoms with Crippen molar-refractivity contribution in [3.05, 3.63) is 59.7 Å². The summed E-state index contributed by atoms with van der Waals surface area (Å²) in [6, 6.07) is 15.1. The Morgan fingerprint density at radius 3 is 2.16 bits per heavy atom. The van der Waals surface area contributed by atoms with Gasteiger partial charge in [-0.3, -0.25) is 14.5 Å². The lowest BCUT2D eigenvalue weighted by Crippen LogP contribution is -2.43. The van der Waals surface area contributed by atoms with Gasteiger partial charge in [0.25, 0.3) is 0 Å². The zero-order chi connectivity index (χ0) is 23.1. The van der Waals surface area contributed by atoms with Crippen molar-refractivity contribution in [2.24, 2.45) is 0 Å². The van der Waals surface area contributed by atoms with Gasteiger partial charge in [0.15, 0.2) is 5.78 Å². The number of benzene rings is 2. The van der Waals surface area contributed by atoms with Gasteiger partial charge in [-0.2, -0.15) is 0 Å². The third kappa shape index (κ3) is 6.78. The number of nitrogens with zero attached hydrogens (tertiary/aromatic N) is 1. The molecule has 3 rings (SSSR count). The molecule has 2 aromatic rings. The highest BCUT2D eigenvalue weighted by Gasteiger charge is 2.25. The Morgan fingerprint density at radius 1 is 0.969 bits per heavy atom. The van der Waals surface area contributed by atoms with Crippen LogP contribution < -0.4 is 15.2 Å². The van der Waals surface area contributed by atoms with Crippen molar-refractivity contribution >= 4 is 25.0 Å². The van der Waals surface area contributed by atoms with Crippen LogP contribution in [0.15, 0.2) is 48.5 Å². The van der Waals surface area contributed by atoms with Crippen LogP contribution in [0.25, 0.3) is 0 Å². The Bertz CT molecular complexity index is 898. The van der Waals surface area contributed by atoms with Crippen molar-refractivity contribution in [2.75, 3.05) is 26.7 Å². The number of nitrogens with one attached hydrogen (secondary N) is 1. The average molecular weight is 453 g/mol. The van der Waals surface area contributed by atoms with Crippen LogP contribution in [0.5, 0.6) is 5.75 Å². The fourth-order valence-corrected chi connectivity index (χ4v) is 5.27. The Balaban J connectivity index is 1.74. The van der Waals surface area contributed by atoms with Gasteiger partial charge in [-0.1, -0.05) is 67.6 Å². The van der Waals surface area contributed by atoms with E-state index in [9.17, 15) is 9.59 Å². The predicted molar refractivity (Wildman–Crippen MR) is 132 cm³/mol. The van der Waals surface area contributed by atoms with Crippen molar-refractivity contribution in [1.29, 1.82) is 0 Å². The van der Waals surface area contributed by atoms with E-state index in [-0.39, 0.29) is 18.1 Å². The highest BCUT2D eigenvalue weighted by atomic mass is 28.3. The Hall–Kier alpha value is -2.44. The van der Waals surface area contributed by atoms with Crippen molar-refractivity contribution in [3.63, 3.8) is 0 Å². The van der Waals surface area contributed by atoms with Crippen molar-refractivity contribution < 1.29 is 14.3 Å². The maximum Gasteiger partial charge on any atom is 0.235 e. The normalized spacial score (nSPS) is 15.8. The van der Waals surface area contributed by atoms with Crippen LogP contribution >= 0.6 is 0 Å². The first kappa shape index (κ1) is 24.2. The van der Waals surface area contributed by atoms with Crippen LogP contribution in [0, 0.1) is 0 Å². The van der Waals surface area contributed by atoms with Crippen molar-refractivity contribution in [1.82, 2.24) is 10.2 Å². The monoisotopic (exact) mass is 452 g/mol. The predicted octanol–water partition coefficient (Wildman–Crippen LogP) is 3.70. The number of ether oxygens (including phenoxy) is 1. The minimum Gasteiger partial charge on any atom is -0.497 e. The second-order valence-corrected chi connectivity index (χ2v) is 14.8. The maximum atomic E-state index is 13.3. The van der Waals surface area contributed by atoms with Gasteiger partial charge in [0, 0.05) is 6.42 Å². The number of carbonyl (C=O) groups is 2. The molecule has 1 heterocycles. The zero-order valence-corrected chi connectivity index (χ0v) is 20.8. The lowest BCUT2D eigenvalue weighted by molar-refractivity contribution is -0.128. The lowest BCUT2D eigenvalue weighted by Gasteiger charge is -2.27. The number of Topliss-reactive ketones (excluding diaryl/α,β-unsaturated/α-hetero) is 1. The fourth-order valence-electron chi connectivity index (χ4n) is 4.10. The number of ketones is 1. The molecule has 32 heavy (non-hydrogen) atoms. The Labute approximate surface area is 193 Å². The van der Waals surface area contributed by atoms with E-state index in [1.54, 1.807) is 7.11 Å². The van der Waals surface area contributed by atoms with E-state index >= 15 is 0 Å². The van der Waals surface area contributed by atoms with Crippen LogP contribution in [0.2, 0.25) is 19.6 Å². The van der Waals surface area contributed by atoms with Crippen LogP contribution in [0.4, 0.5) is 0 Å². The van der Waals surface area contributed by atoms with Crippen LogP contribution in [0.1, 0.15) is 36.4 Å². The number of likely N-dealkylation sites (tertiary alicyclic amines) is 1. The van der Waals surface area contributed by atoms with Gasteiger partial charge in [-0.15, -0.1) is 0 Å². The molecule has 6 heteroatoms. The minimum atomic E-state index is -1.38. The average Bonchev–Trinajstić information content (AvgIpc) is 2.78. The van der Waals surface area contributed by atoms with Gasteiger partial charge in [0.1, 0.15) is 11.8 Å². The molecule has 0 radical (unpaired) electrons. The number of hydrogen-bond acceptors (Lipinski definition) is 4. The molecular formula is C26H36N2O3Si. The summed E-state index contributed by atoms with van der Waals surface area (Å²) >= 11 is 0. The molecule has 1 saturated heterocycles. The number of methoxy groups -OCH3 is 1. The molecule has 5 nitrogen and oxygen atoms in total. The van der Waals surface area contributed by atoms with Crippen LogP contribution in [-0.4, -0.2) is 51.4 Å². The summed E-state index contributed by atoms with van der Waals surface area (Å²) in [4.78, 5) is 28.3. The fraction of sp³-hybridized carbons (Fsp3) is 0.462. The molecule has 172 valence electrons. The lowest BCUT2D eigenvalue weighted by atomic mass is 9.97. The summed E-state index contributed by atoms with van der Waals surface area (Å²) < 4.78 is 5.25. The van der Waals surface area contributed by atoms with E-state index in [4.69, 9.17) is 4.74 Å². The van der Waals surface area contributed by atoms with Gasteiger partial charge in [-0.25, -0.2) is 0 Å². The molecular weight excluding hydrogens is 416 g/mol. The number of rotatable bonds is 9. The van der Waals surface area contributed by atoms with Gasteiger partial charge in [0.2, 0.25) is 5.91 Å². The number of amides is 1. The molecule has 0 aliphatic carbocycles. The smallest absolute Gasteiger partial charge is 0.235 e. The van der Waals surface area contributed by atoms with E-state index in [1.165, 1.54) is 11.6 Å². The molecule has 0 bridgehead atoms. The minimum absolute atomic E-state index is 0.0112. The van der Waals surface area contributed by atoms with Crippen molar-refractivity contribution in [2.45, 2.75) is 51.4 Å². The molecule has 1 fully saturated rings. The number of piperidine rings is 1. The van der Waals surface area contributed by atoms with Gasteiger partial charge < -0.3 is 10.1 Å². The molecule has 2 aromatic carbocycles. The topological polar surface area (TPSA) is 58.6 Å². The Kier molecular flexibility index (Phi) is 8.26. The van der Waals surface area contributed by atoms with E-state index in [0.717, 1.165) is 42.8 Å². The summed E-state index contributed by atoms with van der Waals surface area (Å²) in [5.41, 5.74) is 1.75. The molecule has 0 spiro atoms. The van der Waals surface area contributed by atoms with Crippen LogP contribution in [-0.2, 0) is 16.0 Å². The molecule has 1 unspecified atom stereocenters. The first-order valence-corrected chi connectivity index (χ1v) is 15.0. The molecule has 0 saturated carbocycles. The van der Waals surface area contributed by atoms with E-state index < -0.39 is 14.1 Å². The Morgan fingerprint density at radius 2 is 1.59 bits per heavy atom. The molecule has 1 amide bonds. The molecule has 1 aliphatic heterocycles. The summed E-state index contributed by atoms with van der Waals surface area (Å²) in [5.74, 6) is 0.611. The van der Waals surface area contributed by atoms with Gasteiger partial charge in [-0.05, 0) is 49.2 Å². The number of hydrogen-bond donors (Lipinski definition) is 1. The molecule has 0 aromatic heterocycles. The SMILES string of the molecule is COc1ccc(C(NC(=O)CN2CCCCC2)C(=O)Cc2ccc([Si](C)(C)C)cc2)cc1. The highest BCUT2D eigenvalue weighted by molar-refractivity contribution is 6.88. The first-order valence-electron chi connectivity index (χ1n) is 11.5. The summed E-state index contributed by atoms with van der Waals surface area (Å²) in [6.07, 6.45) is 3.76. The summed E-state index contributed by atoms with van der Waals surface area (Å²) in [7, 11) is 0.232. The summed E-state index contributed by atoms with van der Waals surface area (Å²) in [5, 5.41) is 4.38. The standard InChI is InChI=1S/C26H36N2O3Si/c1-31-22-12-10-21(11-13-22)26(27-25(30)19-28-16-6-5-7-17-28)24(29)18-20-8-14-23(15-9-20)32(2,3)4/h8-15,26H,5-7,16-19H2,1-4H3,(H,27,30). The second kappa shape index (κ2) is 10.9. The van der Waals surface area contributed by atoms with E-state index in [1.807, 2.05) is 36.4 Å². The zero-order valence-electron chi connectivity index (χ0n) is 19.8. The van der Waals surface area contributed by atoms with Crippen LogP contribution in [0.3, 0.4) is 0 Å². The number of carbonyl (C=O) groups excluding carboxylic acids is 2. The largest absolute Gasteiger partial charge is 0.497 e. The maximum absolute atomic E-state index is 13.3. The summed E-state index contributed by atoms with van der Waals surface area (Å²) in [6.45, 7) is 9.15. The molecule has 1 N–H and O–H groups in total.